The van der Waals surface area contributed by atoms with Gasteiger partial charge in [-0.2, -0.15) is 4.52 Å². The number of Topliss-reactive ketones (excluding diaryl/α,β-unsaturated/α-hetero) is 1. The van der Waals surface area contributed by atoms with Gasteiger partial charge in [0.1, 0.15) is 11.6 Å². The lowest BCUT2D eigenvalue weighted by Gasteiger charge is -2.11. The Morgan fingerprint density at radius 3 is 2.45 bits per heavy atom. The molecule has 0 spiro atoms. The molecule has 0 bridgehead atoms. The first-order chi connectivity index (χ1) is 16.0. The van der Waals surface area contributed by atoms with Gasteiger partial charge in [-0.25, -0.2) is 14.2 Å². The Morgan fingerprint density at radius 1 is 1.00 bits per heavy atom. The number of ketones is 1. The smallest absolute Gasteiger partial charge is 0.351 e. The molecule has 2 heterocycles. The molecule has 8 heteroatoms. The highest BCUT2D eigenvalue weighted by Crippen LogP contribution is 2.22. The maximum absolute atomic E-state index is 13.3. The minimum absolute atomic E-state index is 0.158. The summed E-state index contributed by atoms with van der Waals surface area (Å²) >= 11 is 0. The van der Waals surface area contributed by atoms with Gasteiger partial charge in [-0.05, 0) is 67.6 Å². The van der Waals surface area contributed by atoms with Gasteiger partial charge in [0.05, 0.1) is 18.7 Å². The molecule has 0 fully saturated rings. The third-order valence-corrected chi connectivity index (χ3v) is 5.35. The number of rotatable bonds is 6. The zero-order valence-corrected chi connectivity index (χ0v) is 17.7. The van der Waals surface area contributed by atoms with Gasteiger partial charge < -0.3 is 4.74 Å². The topological polar surface area (TPSA) is 78.5 Å². The molecule has 0 saturated heterocycles. The summed E-state index contributed by atoms with van der Waals surface area (Å²) in [6.45, 7) is 2.26. The van der Waals surface area contributed by atoms with Gasteiger partial charge in [0.2, 0.25) is 0 Å². The number of para-hydroxylation sites is 1. The summed E-state index contributed by atoms with van der Waals surface area (Å²) in [6.07, 6.45) is 0. The van der Waals surface area contributed by atoms with Crippen molar-refractivity contribution in [3.05, 3.63) is 94.7 Å². The third-order valence-electron chi connectivity index (χ3n) is 5.35. The van der Waals surface area contributed by atoms with Gasteiger partial charge in [-0.15, -0.1) is 5.10 Å². The van der Waals surface area contributed by atoms with E-state index in [0.29, 0.717) is 45.9 Å². The minimum atomic E-state index is -0.483. The van der Waals surface area contributed by atoms with E-state index in [1.165, 1.54) is 21.2 Å². The Bertz CT molecular complexity index is 1540. The molecule has 7 nitrogen and oxygen atoms in total. The van der Waals surface area contributed by atoms with E-state index in [-0.39, 0.29) is 18.1 Å². The standard InChI is InChI=1S/C25H19FN4O3/c1-2-33-19-13-9-16(10-14-19)22(31)15-29-21-6-4-3-5-20(21)24-27-23(28-30(24)25(29)32)17-7-11-18(26)12-8-17/h3-14H,2,15H2,1H3. The van der Waals surface area contributed by atoms with Crippen LogP contribution < -0.4 is 10.4 Å². The summed E-state index contributed by atoms with van der Waals surface area (Å²) in [5.41, 5.74) is 1.52. The Morgan fingerprint density at radius 2 is 1.73 bits per heavy atom. The van der Waals surface area contributed by atoms with Crippen LogP contribution >= 0.6 is 0 Å². The molecule has 3 aromatic carbocycles. The first-order valence-corrected chi connectivity index (χ1v) is 10.5. The highest BCUT2D eigenvalue weighted by atomic mass is 19.1. The van der Waals surface area contributed by atoms with E-state index in [9.17, 15) is 14.0 Å². The molecule has 0 N–H and O–H groups in total. The number of carbonyl (C=O) groups is 1. The van der Waals surface area contributed by atoms with E-state index in [1.807, 2.05) is 19.1 Å². The summed E-state index contributed by atoms with van der Waals surface area (Å²) in [6, 6.07) is 19.8. The molecular formula is C25H19FN4O3. The number of hydrogen-bond acceptors (Lipinski definition) is 5. The fourth-order valence-electron chi connectivity index (χ4n) is 3.75. The quantitative estimate of drug-likeness (QED) is 0.370. The van der Waals surface area contributed by atoms with E-state index >= 15 is 0 Å². The van der Waals surface area contributed by atoms with E-state index in [2.05, 4.69) is 10.1 Å². The molecule has 0 aliphatic heterocycles. The molecule has 0 unspecified atom stereocenters. The van der Waals surface area contributed by atoms with Crippen molar-refractivity contribution < 1.29 is 13.9 Å². The molecular weight excluding hydrogens is 423 g/mol. The van der Waals surface area contributed by atoms with Crippen molar-refractivity contribution in [2.75, 3.05) is 6.61 Å². The Balaban J connectivity index is 1.61. The van der Waals surface area contributed by atoms with Crippen molar-refractivity contribution in [1.82, 2.24) is 19.2 Å². The first kappa shape index (κ1) is 20.6. The Hall–Kier alpha value is -4.33. The second-order valence-corrected chi connectivity index (χ2v) is 7.44. The van der Waals surface area contributed by atoms with Gasteiger partial charge in [0.25, 0.3) is 0 Å². The highest BCUT2D eigenvalue weighted by Gasteiger charge is 2.18. The molecule has 0 amide bonds. The molecule has 5 rings (SSSR count). The van der Waals surface area contributed by atoms with E-state index < -0.39 is 5.69 Å². The number of hydrogen-bond donors (Lipinski definition) is 0. The van der Waals surface area contributed by atoms with Gasteiger partial charge in [-0.1, -0.05) is 12.1 Å². The minimum Gasteiger partial charge on any atom is -0.494 e. The second kappa shape index (κ2) is 8.31. The summed E-state index contributed by atoms with van der Waals surface area (Å²) in [4.78, 5) is 30.9. The average molecular weight is 442 g/mol. The molecule has 5 aromatic rings. The molecule has 33 heavy (non-hydrogen) atoms. The van der Waals surface area contributed by atoms with Crippen LogP contribution in [0.5, 0.6) is 5.75 Å². The Kier molecular flexibility index (Phi) is 5.18. The van der Waals surface area contributed by atoms with Crippen LogP contribution in [0.25, 0.3) is 27.9 Å². The summed E-state index contributed by atoms with van der Waals surface area (Å²) in [7, 11) is 0. The van der Waals surface area contributed by atoms with Crippen LogP contribution in [-0.4, -0.2) is 31.6 Å². The van der Waals surface area contributed by atoms with Crippen LogP contribution in [0.15, 0.2) is 77.6 Å². The van der Waals surface area contributed by atoms with E-state index in [1.54, 1.807) is 48.5 Å². The Labute approximate surface area is 187 Å². The summed E-state index contributed by atoms with van der Waals surface area (Å²) < 4.78 is 21.3. The number of carbonyl (C=O) groups excluding carboxylic acids is 1. The van der Waals surface area contributed by atoms with Crippen LogP contribution in [0.1, 0.15) is 17.3 Å². The zero-order chi connectivity index (χ0) is 22.9. The van der Waals surface area contributed by atoms with Crippen LogP contribution in [0.4, 0.5) is 4.39 Å². The SMILES string of the molecule is CCOc1ccc(C(=O)Cn2c(=O)n3nc(-c4ccc(F)cc4)nc3c3ccccc32)cc1. The fourth-order valence-corrected chi connectivity index (χ4v) is 3.75. The van der Waals surface area contributed by atoms with E-state index in [0.717, 1.165) is 0 Å². The number of aromatic nitrogens is 4. The molecule has 0 aliphatic carbocycles. The average Bonchev–Trinajstić information content (AvgIpc) is 3.29. The number of fused-ring (bicyclic) bond motifs is 3. The van der Waals surface area contributed by atoms with Crippen LogP contribution in [0.2, 0.25) is 0 Å². The third kappa shape index (κ3) is 3.76. The van der Waals surface area contributed by atoms with Gasteiger partial charge in [0, 0.05) is 16.5 Å². The molecule has 2 aromatic heterocycles. The first-order valence-electron chi connectivity index (χ1n) is 10.5. The predicted molar refractivity (Wildman–Crippen MR) is 122 cm³/mol. The number of nitrogens with zero attached hydrogens (tertiary/aromatic N) is 4. The largest absolute Gasteiger partial charge is 0.494 e. The number of halogens is 1. The normalized spacial score (nSPS) is 11.2. The van der Waals surface area contributed by atoms with Crippen LogP contribution in [0, 0.1) is 5.82 Å². The van der Waals surface area contributed by atoms with Crippen molar-refractivity contribution in [1.29, 1.82) is 0 Å². The van der Waals surface area contributed by atoms with Gasteiger partial charge in [-0.3, -0.25) is 9.36 Å². The van der Waals surface area contributed by atoms with Crippen molar-refractivity contribution in [3.8, 4) is 17.1 Å². The lowest BCUT2D eigenvalue weighted by Crippen LogP contribution is -2.30. The van der Waals surface area contributed by atoms with Crippen molar-refractivity contribution >= 4 is 22.3 Å². The molecule has 0 saturated carbocycles. The van der Waals surface area contributed by atoms with E-state index in [4.69, 9.17) is 4.74 Å². The van der Waals surface area contributed by atoms with Crippen molar-refractivity contribution in [2.45, 2.75) is 13.5 Å². The summed E-state index contributed by atoms with van der Waals surface area (Å²) in [5, 5.41) is 5.04. The van der Waals surface area contributed by atoms with Gasteiger partial charge >= 0.3 is 5.69 Å². The summed E-state index contributed by atoms with van der Waals surface area (Å²) in [5.74, 6) is 0.383. The highest BCUT2D eigenvalue weighted by molar-refractivity contribution is 5.98. The fraction of sp³-hybridized carbons (Fsp3) is 0.120. The van der Waals surface area contributed by atoms with Crippen molar-refractivity contribution in [3.63, 3.8) is 0 Å². The maximum Gasteiger partial charge on any atom is 0.351 e. The molecule has 0 aliphatic rings. The predicted octanol–water partition coefficient (Wildman–Crippen LogP) is 4.13. The molecule has 0 radical (unpaired) electrons. The lowest BCUT2D eigenvalue weighted by molar-refractivity contribution is 0.0971. The molecule has 164 valence electrons. The monoisotopic (exact) mass is 442 g/mol. The number of benzene rings is 3. The second-order valence-electron chi connectivity index (χ2n) is 7.44. The zero-order valence-electron chi connectivity index (χ0n) is 17.7. The van der Waals surface area contributed by atoms with Crippen molar-refractivity contribution in [2.24, 2.45) is 0 Å². The van der Waals surface area contributed by atoms with Crippen LogP contribution in [-0.2, 0) is 6.54 Å². The number of ether oxygens (including phenoxy) is 1. The van der Waals surface area contributed by atoms with Crippen LogP contribution in [0.3, 0.4) is 0 Å². The molecule has 0 atom stereocenters. The maximum atomic E-state index is 13.3. The lowest BCUT2D eigenvalue weighted by atomic mass is 10.1. The van der Waals surface area contributed by atoms with Gasteiger partial charge in [0.15, 0.2) is 17.3 Å².